The molecule has 0 spiro atoms. The van der Waals surface area contributed by atoms with Crippen LogP contribution in [0.2, 0.25) is 0 Å². The first kappa shape index (κ1) is 86.7. The van der Waals surface area contributed by atoms with Gasteiger partial charge in [0, 0.05) is 35.5 Å². The number of carbonyl (C=O) groups is 3. The zero-order chi connectivity index (χ0) is 61.8. The van der Waals surface area contributed by atoms with E-state index < -0.39 is 0 Å². The fourth-order valence-electron chi connectivity index (χ4n) is 8.17. The maximum atomic E-state index is 11.8. The highest BCUT2D eigenvalue weighted by Gasteiger charge is 2.21. The molecule has 0 unspecified atom stereocenters. The third kappa shape index (κ3) is 83.5. The molecule has 0 saturated heterocycles. The Balaban J connectivity index is -0.000000306. The van der Waals surface area contributed by atoms with E-state index in [2.05, 4.69) is 139 Å². The first-order valence-corrected chi connectivity index (χ1v) is 34.5. The lowest BCUT2D eigenvalue weighted by Gasteiger charge is -2.16. The monoisotopic (exact) mass is 1130 g/mol. The zero-order valence-corrected chi connectivity index (χ0v) is 57.7. The number of allylic oxidation sites excluding steroid dienone is 16. The van der Waals surface area contributed by atoms with Gasteiger partial charge in [-0.15, -0.1) is 0 Å². The fourth-order valence-corrected chi connectivity index (χ4v) is 8.17. The van der Waals surface area contributed by atoms with E-state index >= 15 is 0 Å². The summed E-state index contributed by atoms with van der Waals surface area (Å²) in [5.74, 6) is 1.17. The van der Waals surface area contributed by atoms with Gasteiger partial charge in [-0.3, -0.25) is 14.4 Å². The molecule has 0 bridgehead atoms. The van der Waals surface area contributed by atoms with Crippen molar-refractivity contribution in [2.24, 2.45) is 16.2 Å². The number of hydrogen-bond acceptors (Lipinski definition) is 3. The van der Waals surface area contributed by atoms with E-state index in [9.17, 15) is 14.4 Å². The second-order valence-corrected chi connectivity index (χ2v) is 25.6. The number of carbonyl (C=O) groups excluding carboxylic acids is 3. The van der Waals surface area contributed by atoms with Crippen molar-refractivity contribution in [2.45, 2.75) is 368 Å². The average molecular weight is 1130 g/mol. The molecule has 0 rings (SSSR count). The molecule has 0 heterocycles. The number of unbranched alkanes of at least 4 members (excludes halogenated alkanes) is 25. The Morgan fingerprint density at radius 2 is 0.469 bits per heavy atom. The van der Waals surface area contributed by atoms with Crippen molar-refractivity contribution in [3.05, 3.63) is 97.2 Å². The Kier molecular flexibility index (Phi) is 74.3. The highest BCUT2D eigenvalue weighted by Crippen LogP contribution is 2.21. The van der Waals surface area contributed by atoms with E-state index in [1.807, 2.05) is 69.2 Å². The van der Waals surface area contributed by atoms with Crippen LogP contribution in [0.15, 0.2) is 97.2 Å². The molecule has 0 amide bonds. The zero-order valence-electron chi connectivity index (χ0n) is 57.7. The van der Waals surface area contributed by atoms with Crippen molar-refractivity contribution in [1.82, 2.24) is 0 Å². The van der Waals surface area contributed by atoms with Crippen molar-refractivity contribution >= 4 is 17.3 Å². The average Bonchev–Trinajstić information content (AvgIpc) is 3.42. The summed E-state index contributed by atoms with van der Waals surface area (Å²) in [6.45, 7) is 33.4. The van der Waals surface area contributed by atoms with Crippen molar-refractivity contribution in [1.29, 1.82) is 0 Å². The number of hydrogen-bond donors (Lipinski definition) is 0. The van der Waals surface area contributed by atoms with Gasteiger partial charge in [-0.1, -0.05) is 349 Å². The lowest BCUT2D eigenvalue weighted by atomic mass is 9.88. The minimum Gasteiger partial charge on any atom is -0.299 e. The summed E-state index contributed by atoms with van der Waals surface area (Å²) in [5.41, 5.74) is -0.493. The summed E-state index contributed by atoms with van der Waals surface area (Å²) in [4.78, 5) is 35.2. The Labute approximate surface area is 510 Å². The maximum absolute atomic E-state index is 11.8. The minimum atomic E-state index is -0.195. The summed E-state index contributed by atoms with van der Waals surface area (Å²) in [6, 6.07) is 0. The molecule has 3 heteroatoms. The standard InChI is InChI=1S/C22H40O.C18H36O.C17H28O.C11H18.C10H22/c1-5-6-7-8-9-10-11-12-13-14-15-16-17-18-19-20-21(23)22(2,3)4;1-5-6-7-8-9-10-11-12-13-14-15-16-17(19)18(2,3)4;1-5-6-7-8-9-10-11-12-13-14-15-16(18)17(2,3)4;1-3-5-7-9-11-10-8-6-4-2;1-3-5-7-9-10-8-6-4-2/h9-10,12-13H,5-8,11,14-20H2,1-4H3;5-16H2,1-4H3;6-7,9-10,12-13H,5,8,11,14-15H2,1-4H3;3,5-6,8-9,11H,4,7,10H2,1-2H3;3-10H2,1-2H3/b10-9-,13-12-;;7-6-,10-9-,13-12-;5-3-,8-6-,11-9-;. The topological polar surface area (TPSA) is 51.2 Å². The van der Waals surface area contributed by atoms with Crippen LogP contribution in [-0.2, 0) is 14.4 Å². The van der Waals surface area contributed by atoms with Crippen LogP contribution in [0, 0.1) is 16.2 Å². The summed E-state index contributed by atoms with van der Waals surface area (Å²) < 4.78 is 0. The van der Waals surface area contributed by atoms with Gasteiger partial charge >= 0.3 is 0 Å². The van der Waals surface area contributed by atoms with Crippen LogP contribution in [0.5, 0.6) is 0 Å². The van der Waals surface area contributed by atoms with Crippen LogP contribution in [0.1, 0.15) is 368 Å². The van der Waals surface area contributed by atoms with Crippen molar-refractivity contribution in [3.63, 3.8) is 0 Å². The van der Waals surface area contributed by atoms with E-state index in [1.165, 1.54) is 173 Å². The van der Waals surface area contributed by atoms with Crippen LogP contribution in [0.4, 0.5) is 0 Å². The fraction of sp³-hybridized carbons (Fsp3) is 0.756. The molecule has 0 fully saturated rings. The Morgan fingerprint density at radius 3 is 0.765 bits per heavy atom. The molecule has 0 atom stereocenters. The highest BCUT2D eigenvalue weighted by atomic mass is 16.1. The third-order valence-corrected chi connectivity index (χ3v) is 14.0. The first-order chi connectivity index (χ1) is 38.8. The molecule has 3 nitrogen and oxygen atoms in total. The van der Waals surface area contributed by atoms with Gasteiger partial charge < -0.3 is 0 Å². The van der Waals surface area contributed by atoms with Crippen LogP contribution in [0.3, 0.4) is 0 Å². The van der Waals surface area contributed by atoms with Crippen LogP contribution in [0.25, 0.3) is 0 Å². The van der Waals surface area contributed by atoms with Gasteiger partial charge in [0.2, 0.25) is 0 Å². The summed E-state index contributed by atoms with van der Waals surface area (Å²) in [6.07, 6.45) is 84.5. The van der Waals surface area contributed by atoms with E-state index in [4.69, 9.17) is 0 Å². The second kappa shape index (κ2) is 69.4. The normalized spacial score (nSPS) is 12.2. The summed E-state index contributed by atoms with van der Waals surface area (Å²) in [5, 5.41) is 0. The molecule has 0 aliphatic rings. The first-order valence-electron chi connectivity index (χ1n) is 34.5. The number of Topliss-reactive ketones (excluding diaryl/α,β-unsaturated/α-hetero) is 3. The van der Waals surface area contributed by atoms with Crippen molar-refractivity contribution in [2.75, 3.05) is 0 Å². The molecule has 474 valence electrons. The van der Waals surface area contributed by atoms with E-state index in [-0.39, 0.29) is 16.2 Å². The quantitative estimate of drug-likeness (QED) is 0.0451. The Hall–Kier alpha value is -3.07. The molecular weight excluding hydrogens is 985 g/mol. The Bertz CT molecular complexity index is 1530. The van der Waals surface area contributed by atoms with Gasteiger partial charge in [0.25, 0.3) is 0 Å². The van der Waals surface area contributed by atoms with E-state index in [0.29, 0.717) is 23.8 Å². The van der Waals surface area contributed by atoms with E-state index in [0.717, 1.165) is 77.0 Å². The minimum absolute atomic E-state index is 0.140. The number of ketones is 3. The van der Waals surface area contributed by atoms with Gasteiger partial charge in [0.1, 0.15) is 17.3 Å². The van der Waals surface area contributed by atoms with Gasteiger partial charge in [0.05, 0.1) is 0 Å². The maximum Gasteiger partial charge on any atom is 0.138 e. The molecular formula is C78H144O3. The lowest BCUT2D eigenvalue weighted by molar-refractivity contribution is -0.127. The lowest BCUT2D eigenvalue weighted by Crippen LogP contribution is -2.19. The molecule has 0 N–H and O–H groups in total. The summed E-state index contributed by atoms with van der Waals surface area (Å²) in [7, 11) is 0. The smallest absolute Gasteiger partial charge is 0.138 e. The van der Waals surface area contributed by atoms with Crippen LogP contribution >= 0.6 is 0 Å². The summed E-state index contributed by atoms with van der Waals surface area (Å²) >= 11 is 0. The van der Waals surface area contributed by atoms with E-state index in [1.54, 1.807) is 0 Å². The van der Waals surface area contributed by atoms with Crippen LogP contribution < -0.4 is 0 Å². The molecule has 0 aromatic heterocycles. The van der Waals surface area contributed by atoms with Gasteiger partial charge in [-0.25, -0.2) is 0 Å². The van der Waals surface area contributed by atoms with Gasteiger partial charge in [0.15, 0.2) is 0 Å². The predicted molar refractivity (Wildman–Crippen MR) is 371 cm³/mol. The second-order valence-electron chi connectivity index (χ2n) is 25.6. The van der Waals surface area contributed by atoms with Crippen molar-refractivity contribution in [3.8, 4) is 0 Å². The number of rotatable bonds is 46. The molecule has 0 aliphatic heterocycles. The molecule has 0 aromatic carbocycles. The third-order valence-electron chi connectivity index (χ3n) is 14.0. The molecule has 0 aliphatic carbocycles. The predicted octanol–water partition coefficient (Wildman–Crippen LogP) is 27.0. The molecule has 0 radical (unpaired) electrons. The largest absolute Gasteiger partial charge is 0.299 e. The highest BCUT2D eigenvalue weighted by molar-refractivity contribution is 5.84. The molecule has 0 saturated carbocycles. The van der Waals surface area contributed by atoms with Gasteiger partial charge in [-0.05, 0) is 96.8 Å². The van der Waals surface area contributed by atoms with Crippen molar-refractivity contribution < 1.29 is 14.4 Å². The SMILES string of the molecule is C/C=C\C/C=C\C/C=C\CC.CC/C=C\C/C=C\C/C=C\CCC(=O)C(C)(C)C.CCCCC/C=C\C/C=C\CCCCCCCC(=O)C(C)(C)C.CCCCCCCCCC.CCCCCCCCCCCCCC(=O)C(C)(C)C. The van der Waals surface area contributed by atoms with Crippen LogP contribution in [-0.4, -0.2) is 17.3 Å². The Morgan fingerprint density at radius 1 is 0.247 bits per heavy atom. The van der Waals surface area contributed by atoms with Gasteiger partial charge in [-0.2, -0.15) is 0 Å². The molecule has 81 heavy (non-hydrogen) atoms. The molecule has 0 aromatic rings.